The van der Waals surface area contributed by atoms with Crippen LogP contribution in [0.25, 0.3) is 0 Å². The topological polar surface area (TPSA) is 52.6 Å². The van der Waals surface area contributed by atoms with Gasteiger partial charge in [0.05, 0.1) is 0 Å². The molecule has 1 aromatic carbocycles. The van der Waals surface area contributed by atoms with Crippen LogP contribution in [0.1, 0.15) is 37.7 Å². The van der Waals surface area contributed by atoms with Crippen LogP contribution in [-0.2, 0) is 5.41 Å². The van der Waals surface area contributed by atoms with Crippen molar-refractivity contribution in [3.05, 3.63) is 35.9 Å². The van der Waals surface area contributed by atoms with Gasteiger partial charge >= 0.3 is 6.03 Å². The Bertz CT molecular complexity index is 497. The van der Waals surface area contributed by atoms with Crippen LogP contribution in [0.15, 0.2) is 30.3 Å². The summed E-state index contributed by atoms with van der Waals surface area (Å²) in [6.07, 6.45) is 5.68. The summed E-state index contributed by atoms with van der Waals surface area (Å²) >= 11 is 0. The molecular formula is C18H26N2O2. The van der Waals surface area contributed by atoms with E-state index >= 15 is 0 Å². The van der Waals surface area contributed by atoms with Gasteiger partial charge in [-0.1, -0.05) is 43.2 Å². The standard InChI is InChI=1S/C18H26N2O2/c21-13-15-8-11-20(12-15)17(22)19-14-18(9-4-5-10-18)16-6-2-1-3-7-16/h1-3,6-7,15,21H,4-5,8-14H2,(H,19,22). The third kappa shape index (κ3) is 3.12. The second kappa shape index (κ2) is 6.69. The maximum absolute atomic E-state index is 12.4. The summed E-state index contributed by atoms with van der Waals surface area (Å²) in [5, 5.41) is 12.4. The number of aliphatic hydroxyl groups is 1. The molecule has 1 saturated carbocycles. The Kier molecular flexibility index (Phi) is 4.67. The Morgan fingerprint density at radius 3 is 2.64 bits per heavy atom. The monoisotopic (exact) mass is 302 g/mol. The first-order valence-corrected chi connectivity index (χ1v) is 8.43. The number of nitrogens with zero attached hydrogens (tertiary/aromatic N) is 1. The van der Waals surface area contributed by atoms with E-state index in [4.69, 9.17) is 0 Å². The lowest BCUT2D eigenvalue weighted by molar-refractivity contribution is 0.195. The van der Waals surface area contributed by atoms with E-state index in [0.29, 0.717) is 6.54 Å². The number of nitrogens with one attached hydrogen (secondary N) is 1. The molecule has 1 saturated heterocycles. The van der Waals surface area contributed by atoms with Gasteiger partial charge in [0.15, 0.2) is 0 Å². The van der Waals surface area contributed by atoms with Gasteiger partial charge in [0.1, 0.15) is 0 Å². The highest BCUT2D eigenvalue weighted by Gasteiger charge is 2.36. The SMILES string of the molecule is O=C(NCC1(c2ccccc2)CCCC1)N1CCC(CO)C1. The molecule has 0 radical (unpaired) electrons. The second-order valence-corrected chi connectivity index (χ2v) is 6.80. The highest BCUT2D eigenvalue weighted by Crippen LogP contribution is 2.40. The van der Waals surface area contributed by atoms with Crippen molar-refractivity contribution >= 4 is 6.03 Å². The summed E-state index contributed by atoms with van der Waals surface area (Å²) in [6.45, 7) is 2.34. The van der Waals surface area contributed by atoms with Crippen molar-refractivity contribution in [2.24, 2.45) is 5.92 Å². The molecule has 1 aliphatic heterocycles. The number of aliphatic hydroxyl groups excluding tert-OH is 1. The molecule has 2 amide bonds. The van der Waals surface area contributed by atoms with Gasteiger partial charge in [-0.25, -0.2) is 4.79 Å². The van der Waals surface area contributed by atoms with E-state index in [0.717, 1.165) is 32.4 Å². The third-order valence-electron chi connectivity index (χ3n) is 5.36. The molecule has 1 aliphatic carbocycles. The number of carbonyl (C=O) groups is 1. The quantitative estimate of drug-likeness (QED) is 0.898. The van der Waals surface area contributed by atoms with Crippen LogP contribution in [0.3, 0.4) is 0 Å². The molecule has 3 rings (SSSR count). The predicted molar refractivity (Wildman–Crippen MR) is 86.8 cm³/mol. The Morgan fingerprint density at radius 2 is 2.00 bits per heavy atom. The fraction of sp³-hybridized carbons (Fsp3) is 0.611. The number of urea groups is 1. The van der Waals surface area contributed by atoms with Gasteiger partial charge in [-0.3, -0.25) is 0 Å². The minimum Gasteiger partial charge on any atom is -0.396 e. The number of hydrogen-bond acceptors (Lipinski definition) is 2. The lowest BCUT2D eigenvalue weighted by Crippen LogP contribution is -2.45. The maximum atomic E-state index is 12.4. The van der Waals surface area contributed by atoms with Crippen molar-refractivity contribution < 1.29 is 9.90 Å². The molecule has 4 heteroatoms. The van der Waals surface area contributed by atoms with Crippen LogP contribution in [0.2, 0.25) is 0 Å². The first kappa shape index (κ1) is 15.3. The molecule has 2 fully saturated rings. The number of amides is 2. The zero-order valence-corrected chi connectivity index (χ0v) is 13.1. The molecule has 1 heterocycles. The summed E-state index contributed by atoms with van der Waals surface area (Å²) < 4.78 is 0. The highest BCUT2D eigenvalue weighted by atomic mass is 16.3. The van der Waals surface area contributed by atoms with Gasteiger partial charge in [-0.15, -0.1) is 0 Å². The highest BCUT2D eigenvalue weighted by molar-refractivity contribution is 5.74. The summed E-state index contributed by atoms with van der Waals surface area (Å²) in [5.41, 5.74) is 1.45. The van der Waals surface area contributed by atoms with E-state index in [1.165, 1.54) is 18.4 Å². The van der Waals surface area contributed by atoms with Crippen LogP contribution in [-0.4, -0.2) is 42.3 Å². The van der Waals surface area contributed by atoms with Gasteiger partial charge < -0.3 is 15.3 Å². The molecule has 2 aliphatic rings. The van der Waals surface area contributed by atoms with E-state index in [2.05, 4.69) is 29.6 Å². The largest absolute Gasteiger partial charge is 0.396 e. The molecule has 1 aromatic rings. The number of hydrogen-bond donors (Lipinski definition) is 2. The summed E-state index contributed by atoms with van der Waals surface area (Å²) in [4.78, 5) is 14.2. The molecule has 1 unspecified atom stereocenters. The summed E-state index contributed by atoms with van der Waals surface area (Å²) in [6, 6.07) is 10.6. The van der Waals surface area contributed by atoms with Gasteiger partial charge in [0.2, 0.25) is 0 Å². The molecule has 0 spiro atoms. The van der Waals surface area contributed by atoms with E-state index in [-0.39, 0.29) is 24.0 Å². The fourth-order valence-electron chi connectivity index (χ4n) is 3.93. The molecule has 120 valence electrons. The molecule has 0 aromatic heterocycles. The van der Waals surface area contributed by atoms with E-state index in [9.17, 15) is 9.90 Å². The van der Waals surface area contributed by atoms with Crippen LogP contribution < -0.4 is 5.32 Å². The molecule has 0 bridgehead atoms. The molecular weight excluding hydrogens is 276 g/mol. The number of carbonyl (C=O) groups excluding carboxylic acids is 1. The average Bonchev–Trinajstić information content (AvgIpc) is 3.23. The van der Waals surface area contributed by atoms with Crippen molar-refractivity contribution in [1.29, 1.82) is 0 Å². The Hall–Kier alpha value is -1.55. The smallest absolute Gasteiger partial charge is 0.317 e. The zero-order chi connectivity index (χ0) is 15.4. The molecule has 22 heavy (non-hydrogen) atoms. The van der Waals surface area contributed by atoms with Crippen molar-refractivity contribution in [3.8, 4) is 0 Å². The Labute approximate surface area is 132 Å². The molecule has 2 N–H and O–H groups in total. The third-order valence-corrected chi connectivity index (χ3v) is 5.36. The number of rotatable bonds is 4. The molecule has 1 atom stereocenters. The maximum Gasteiger partial charge on any atom is 0.317 e. The molecule has 4 nitrogen and oxygen atoms in total. The Morgan fingerprint density at radius 1 is 1.27 bits per heavy atom. The minimum absolute atomic E-state index is 0.0261. The van der Waals surface area contributed by atoms with Crippen molar-refractivity contribution in [3.63, 3.8) is 0 Å². The van der Waals surface area contributed by atoms with Crippen molar-refractivity contribution in [2.45, 2.75) is 37.5 Å². The number of likely N-dealkylation sites (tertiary alicyclic amines) is 1. The summed E-state index contributed by atoms with van der Waals surface area (Å²) in [7, 11) is 0. The average molecular weight is 302 g/mol. The first-order chi connectivity index (χ1) is 10.7. The van der Waals surface area contributed by atoms with E-state index in [1.54, 1.807) is 0 Å². The van der Waals surface area contributed by atoms with Crippen molar-refractivity contribution in [2.75, 3.05) is 26.2 Å². The zero-order valence-electron chi connectivity index (χ0n) is 13.1. The summed E-state index contributed by atoms with van der Waals surface area (Å²) in [5.74, 6) is 0.250. The lowest BCUT2D eigenvalue weighted by Gasteiger charge is -2.31. The predicted octanol–water partition coefficient (Wildman–Crippen LogP) is 2.52. The van der Waals surface area contributed by atoms with Gasteiger partial charge in [0, 0.05) is 37.6 Å². The van der Waals surface area contributed by atoms with Gasteiger partial charge in [-0.2, -0.15) is 0 Å². The van der Waals surface area contributed by atoms with Gasteiger partial charge in [-0.05, 0) is 24.8 Å². The van der Waals surface area contributed by atoms with Crippen LogP contribution in [0, 0.1) is 5.92 Å². The van der Waals surface area contributed by atoms with E-state index in [1.807, 2.05) is 11.0 Å². The van der Waals surface area contributed by atoms with Crippen molar-refractivity contribution in [1.82, 2.24) is 10.2 Å². The Balaban J connectivity index is 1.62. The minimum atomic E-state index is 0.0261. The normalized spacial score (nSPS) is 23.7. The second-order valence-electron chi connectivity index (χ2n) is 6.80. The van der Waals surface area contributed by atoms with Crippen LogP contribution in [0.4, 0.5) is 4.79 Å². The number of benzene rings is 1. The first-order valence-electron chi connectivity index (χ1n) is 8.43. The fourth-order valence-corrected chi connectivity index (χ4v) is 3.93. The van der Waals surface area contributed by atoms with Crippen LogP contribution in [0.5, 0.6) is 0 Å². The van der Waals surface area contributed by atoms with E-state index < -0.39 is 0 Å². The lowest BCUT2D eigenvalue weighted by atomic mass is 9.79. The van der Waals surface area contributed by atoms with Gasteiger partial charge in [0.25, 0.3) is 0 Å². The van der Waals surface area contributed by atoms with Crippen LogP contribution >= 0.6 is 0 Å².